The Labute approximate surface area is 143 Å². The maximum Gasteiger partial charge on any atom is 0.260 e. The van der Waals surface area contributed by atoms with Crippen molar-refractivity contribution in [1.29, 1.82) is 0 Å². The summed E-state index contributed by atoms with van der Waals surface area (Å²) in [6, 6.07) is 12.6. The number of rotatable bonds is 4. The van der Waals surface area contributed by atoms with Gasteiger partial charge in [0.25, 0.3) is 10.0 Å². The third-order valence-corrected chi connectivity index (χ3v) is 6.26. The van der Waals surface area contributed by atoms with Crippen molar-refractivity contribution >= 4 is 10.0 Å². The van der Waals surface area contributed by atoms with Crippen molar-refractivity contribution in [2.24, 2.45) is 5.92 Å². The first-order valence-electron chi connectivity index (χ1n) is 8.12. The summed E-state index contributed by atoms with van der Waals surface area (Å²) >= 11 is 0. The Kier molecular flexibility index (Phi) is 4.87. The average Bonchev–Trinajstić information content (AvgIpc) is 2.62. The summed E-state index contributed by atoms with van der Waals surface area (Å²) in [5.41, 5.74) is 1.50. The Morgan fingerprint density at radius 3 is 2.38 bits per heavy atom. The topological polar surface area (TPSA) is 59.5 Å². The van der Waals surface area contributed by atoms with Crippen molar-refractivity contribution in [2.75, 3.05) is 20.2 Å². The van der Waals surface area contributed by atoms with Crippen LogP contribution in [0, 0.1) is 5.92 Å². The molecule has 24 heavy (non-hydrogen) atoms. The van der Waals surface area contributed by atoms with Gasteiger partial charge in [-0.1, -0.05) is 13.0 Å². The normalized spacial score (nSPS) is 16.9. The molecule has 0 unspecified atom stereocenters. The molecule has 2 aromatic rings. The zero-order valence-corrected chi connectivity index (χ0v) is 14.8. The van der Waals surface area contributed by atoms with E-state index in [0.717, 1.165) is 24.2 Å². The fourth-order valence-electron chi connectivity index (χ4n) is 2.84. The fourth-order valence-corrected chi connectivity index (χ4v) is 4.26. The van der Waals surface area contributed by atoms with Crippen molar-refractivity contribution in [2.45, 2.75) is 24.8 Å². The van der Waals surface area contributed by atoms with Gasteiger partial charge in [0.15, 0.2) is 5.03 Å². The fraction of sp³-hybridized carbons (Fsp3) is 0.389. The summed E-state index contributed by atoms with van der Waals surface area (Å²) in [4.78, 5) is 4.39. The summed E-state index contributed by atoms with van der Waals surface area (Å²) in [6.45, 7) is 3.29. The molecule has 1 aromatic carbocycles. The van der Waals surface area contributed by atoms with Gasteiger partial charge in [0.05, 0.1) is 12.8 Å². The van der Waals surface area contributed by atoms with Crippen LogP contribution in [0.1, 0.15) is 19.8 Å². The number of hydrogen-bond donors (Lipinski definition) is 0. The Morgan fingerprint density at radius 2 is 1.75 bits per heavy atom. The summed E-state index contributed by atoms with van der Waals surface area (Å²) in [7, 11) is -1.92. The minimum absolute atomic E-state index is 0.116. The molecule has 5 nitrogen and oxygen atoms in total. The number of hydrogen-bond acceptors (Lipinski definition) is 4. The Bertz CT molecular complexity index is 795. The number of aromatic nitrogens is 1. The minimum atomic E-state index is -3.53. The molecule has 2 heterocycles. The SMILES string of the molecule is COc1ccc(-c2cccc(S(=O)(=O)N3CCC(C)CC3)n2)cc1. The van der Waals surface area contributed by atoms with Crippen molar-refractivity contribution in [1.82, 2.24) is 9.29 Å². The number of pyridine rings is 1. The quantitative estimate of drug-likeness (QED) is 0.853. The molecule has 1 aliphatic rings. The molecular formula is C18H22N2O3S. The molecule has 1 aliphatic heterocycles. The Morgan fingerprint density at radius 1 is 1.08 bits per heavy atom. The number of piperidine rings is 1. The number of benzene rings is 1. The van der Waals surface area contributed by atoms with Gasteiger partial charge in [0.2, 0.25) is 0 Å². The number of nitrogens with zero attached hydrogens (tertiary/aromatic N) is 2. The first kappa shape index (κ1) is 16.9. The van der Waals surface area contributed by atoms with Crippen molar-refractivity contribution < 1.29 is 13.2 Å². The van der Waals surface area contributed by atoms with Gasteiger partial charge < -0.3 is 4.74 Å². The van der Waals surface area contributed by atoms with Gasteiger partial charge in [-0.3, -0.25) is 0 Å². The van der Waals surface area contributed by atoms with Crippen LogP contribution < -0.4 is 4.74 Å². The van der Waals surface area contributed by atoms with Crippen LogP contribution in [0.15, 0.2) is 47.5 Å². The van der Waals surface area contributed by atoms with Gasteiger partial charge >= 0.3 is 0 Å². The molecule has 0 N–H and O–H groups in total. The van der Waals surface area contributed by atoms with Crippen LogP contribution in [0.4, 0.5) is 0 Å². The van der Waals surface area contributed by atoms with Crippen LogP contribution in [0.25, 0.3) is 11.3 Å². The van der Waals surface area contributed by atoms with Crippen molar-refractivity contribution in [3.8, 4) is 17.0 Å². The van der Waals surface area contributed by atoms with Gasteiger partial charge in [-0.05, 0) is 55.2 Å². The van der Waals surface area contributed by atoms with Gasteiger partial charge in [0, 0.05) is 18.7 Å². The van der Waals surface area contributed by atoms with E-state index < -0.39 is 10.0 Å². The molecule has 0 saturated carbocycles. The summed E-state index contributed by atoms with van der Waals surface area (Å²) in [5.74, 6) is 1.33. The Hall–Kier alpha value is -1.92. The van der Waals surface area contributed by atoms with Crippen LogP contribution in [0.3, 0.4) is 0 Å². The Balaban J connectivity index is 1.89. The van der Waals surface area contributed by atoms with E-state index in [4.69, 9.17) is 4.74 Å². The van der Waals surface area contributed by atoms with Gasteiger partial charge in [-0.25, -0.2) is 13.4 Å². The number of ether oxygens (including phenoxy) is 1. The van der Waals surface area contributed by atoms with E-state index in [1.54, 1.807) is 23.5 Å². The standard InChI is InChI=1S/C18H22N2O3S/c1-14-10-12-20(13-11-14)24(21,22)18-5-3-4-17(19-18)15-6-8-16(23-2)9-7-15/h3-9,14H,10-13H2,1-2H3. The molecule has 0 spiro atoms. The lowest BCUT2D eigenvalue weighted by atomic mass is 10.0. The smallest absolute Gasteiger partial charge is 0.260 e. The highest BCUT2D eigenvalue weighted by Gasteiger charge is 2.29. The first-order chi connectivity index (χ1) is 11.5. The predicted molar refractivity (Wildman–Crippen MR) is 93.4 cm³/mol. The maximum atomic E-state index is 12.8. The second-order valence-corrected chi connectivity index (χ2v) is 8.06. The first-order valence-corrected chi connectivity index (χ1v) is 9.56. The molecule has 0 amide bonds. The zero-order chi connectivity index (χ0) is 17.2. The van der Waals surface area contributed by atoms with Crippen LogP contribution in [-0.4, -0.2) is 37.9 Å². The van der Waals surface area contributed by atoms with Crippen LogP contribution in [-0.2, 0) is 10.0 Å². The molecule has 6 heteroatoms. The van der Waals surface area contributed by atoms with Gasteiger partial charge in [0.1, 0.15) is 5.75 Å². The van der Waals surface area contributed by atoms with Crippen molar-refractivity contribution in [3.63, 3.8) is 0 Å². The second-order valence-electron chi connectivity index (χ2n) is 6.18. The molecule has 128 valence electrons. The van der Waals surface area contributed by atoms with E-state index in [9.17, 15) is 8.42 Å². The largest absolute Gasteiger partial charge is 0.497 e. The lowest BCUT2D eigenvalue weighted by Gasteiger charge is -2.29. The second kappa shape index (κ2) is 6.91. The van der Waals surface area contributed by atoms with Crippen molar-refractivity contribution in [3.05, 3.63) is 42.5 Å². The third kappa shape index (κ3) is 3.44. The lowest BCUT2D eigenvalue weighted by molar-refractivity contribution is 0.287. The van der Waals surface area contributed by atoms with E-state index in [-0.39, 0.29) is 5.03 Å². The third-order valence-electron chi connectivity index (χ3n) is 4.46. The molecular weight excluding hydrogens is 324 g/mol. The molecule has 1 fully saturated rings. The highest BCUT2D eigenvalue weighted by molar-refractivity contribution is 7.89. The summed E-state index contributed by atoms with van der Waals surface area (Å²) in [5, 5.41) is 0.116. The molecule has 1 saturated heterocycles. The molecule has 0 radical (unpaired) electrons. The molecule has 1 aromatic heterocycles. The van der Waals surface area contributed by atoms with Crippen LogP contribution in [0.5, 0.6) is 5.75 Å². The van der Waals surface area contributed by atoms with E-state index in [0.29, 0.717) is 24.7 Å². The highest BCUT2D eigenvalue weighted by atomic mass is 32.2. The van der Waals surface area contributed by atoms with E-state index in [1.807, 2.05) is 30.3 Å². The molecule has 0 aliphatic carbocycles. The zero-order valence-electron chi connectivity index (χ0n) is 14.0. The molecule has 3 rings (SSSR count). The molecule has 0 atom stereocenters. The van der Waals surface area contributed by atoms with Crippen LogP contribution >= 0.6 is 0 Å². The van der Waals surface area contributed by atoms with Gasteiger partial charge in [-0.2, -0.15) is 4.31 Å². The van der Waals surface area contributed by atoms with E-state index in [2.05, 4.69) is 11.9 Å². The summed E-state index contributed by atoms with van der Waals surface area (Å²) in [6.07, 6.45) is 1.80. The monoisotopic (exact) mass is 346 g/mol. The maximum absolute atomic E-state index is 12.8. The summed E-state index contributed by atoms with van der Waals surface area (Å²) < 4.78 is 32.3. The molecule has 0 bridgehead atoms. The number of methoxy groups -OCH3 is 1. The van der Waals surface area contributed by atoms with Crippen LogP contribution in [0.2, 0.25) is 0 Å². The highest BCUT2D eigenvalue weighted by Crippen LogP contribution is 2.25. The van der Waals surface area contributed by atoms with E-state index in [1.165, 1.54) is 0 Å². The number of sulfonamides is 1. The minimum Gasteiger partial charge on any atom is -0.497 e. The van der Waals surface area contributed by atoms with E-state index >= 15 is 0 Å². The van der Waals surface area contributed by atoms with Gasteiger partial charge in [-0.15, -0.1) is 0 Å². The lowest BCUT2D eigenvalue weighted by Crippen LogP contribution is -2.38. The predicted octanol–water partition coefficient (Wildman–Crippen LogP) is 3.18. The average molecular weight is 346 g/mol.